The number of rotatable bonds is 4. The van der Waals surface area contributed by atoms with Gasteiger partial charge in [0.2, 0.25) is 5.89 Å². The van der Waals surface area contributed by atoms with Crippen LogP contribution in [-0.4, -0.2) is 21.7 Å². The van der Waals surface area contributed by atoms with Crippen LogP contribution in [0.2, 0.25) is 0 Å². The van der Waals surface area contributed by atoms with Crippen molar-refractivity contribution in [3.8, 4) is 0 Å². The van der Waals surface area contributed by atoms with Crippen LogP contribution < -0.4 is 0 Å². The first-order valence-corrected chi connectivity index (χ1v) is 7.01. The number of aliphatic hydroxyl groups is 1. The molecule has 0 saturated carbocycles. The van der Waals surface area contributed by atoms with Gasteiger partial charge in [0.1, 0.15) is 17.2 Å². The van der Waals surface area contributed by atoms with Crippen molar-refractivity contribution >= 4 is 17.1 Å². The number of hydrogen-bond donors (Lipinski definition) is 1. The fraction of sp³-hybridized carbons (Fsp3) is 0.500. The van der Waals surface area contributed by atoms with E-state index in [1.807, 2.05) is 39.0 Å². The van der Waals surface area contributed by atoms with Crippen molar-refractivity contribution in [3.63, 3.8) is 0 Å². The molecule has 2 rings (SSSR count). The minimum atomic E-state index is -0.940. The smallest absolute Gasteiger partial charge is 0.306 e. The van der Waals surface area contributed by atoms with E-state index >= 15 is 0 Å². The van der Waals surface area contributed by atoms with Crippen LogP contribution in [0.1, 0.15) is 46.1 Å². The minimum Gasteiger partial charge on any atom is -0.460 e. The van der Waals surface area contributed by atoms with E-state index in [1.54, 1.807) is 13.0 Å². The van der Waals surface area contributed by atoms with Gasteiger partial charge in [-0.3, -0.25) is 4.79 Å². The first kappa shape index (κ1) is 15.5. The number of ether oxygens (including phenoxy) is 1. The van der Waals surface area contributed by atoms with E-state index in [1.165, 1.54) is 0 Å². The number of carbonyl (C=O) groups excluding carboxylic acids is 1. The third-order valence-corrected chi connectivity index (χ3v) is 3.01. The molecule has 1 N–H and O–H groups in total. The maximum Gasteiger partial charge on any atom is 0.306 e. The van der Waals surface area contributed by atoms with Gasteiger partial charge in [0.15, 0.2) is 5.58 Å². The second-order valence-corrected chi connectivity index (χ2v) is 6.23. The molecule has 1 aromatic carbocycles. The van der Waals surface area contributed by atoms with Gasteiger partial charge < -0.3 is 14.3 Å². The van der Waals surface area contributed by atoms with E-state index < -0.39 is 11.7 Å². The maximum atomic E-state index is 11.8. The molecule has 1 aromatic heterocycles. The Morgan fingerprint density at radius 1 is 1.38 bits per heavy atom. The fourth-order valence-electron chi connectivity index (χ4n) is 2.02. The molecule has 2 aromatic rings. The molecule has 0 amide bonds. The predicted molar refractivity (Wildman–Crippen MR) is 78.6 cm³/mol. The Morgan fingerprint density at radius 2 is 2.05 bits per heavy atom. The van der Waals surface area contributed by atoms with Gasteiger partial charge in [0.05, 0.1) is 6.42 Å². The average molecular weight is 291 g/mol. The van der Waals surface area contributed by atoms with Gasteiger partial charge in [-0.05, 0) is 32.9 Å². The normalized spacial score (nSPS) is 14.9. The largest absolute Gasteiger partial charge is 0.460 e. The van der Waals surface area contributed by atoms with E-state index in [0.717, 1.165) is 0 Å². The molecule has 114 valence electrons. The molecule has 21 heavy (non-hydrogen) atoms. The van der Waals surface area contributed by atoms with Crippen molar-refractivity contribution < 1.29 is 19.1 Å². The van der Waals surface area contributed by atoms with Crippen molar-refractivity contribution in [1.82, 2.24) is 4.98 Å². The first-order valence-electron chi connectivity index (χ1n) is 7.01. The fourth-order valence-corrected chi connectivity index (χ4v) is 2.02. The van der Waals surface area contributed by atoms with E-state index in [0.29, 0.717) is 11.1 Å². The summed E-state index contributed by atoms with van der Waals surface area (Å²) in [5.41, 5.74) is 0.784. The molecule has 0 aliphatic rings. The summed E-state index contributed by atoms with van der Waals surface area (Å²) < 4.78 is 10.8. The lowest BCUT2D eigenvalue weighted by molar-refractivity contribution is -0.156. The lowest BCUT2D eigenvalue weighted by Gasteiger charge is -2.22. The summed E-state index contributed by atoms with van der Waals surface area (Å²) >= 11 is 0. The van der Waals surface area contributed by atoms with Crippen LogP contribution >= 0.6 is 0 Å². The highest BCUT2D eigenvalue weighted by molar-refractivity contribution is 5.72. The lowest BCUT2D eigenvalue weighted by Crippen LogP contribution is -2.26. The number of esters is 1. The molecule has 0 aliphatic heterocycles. The summed E-state index contributed by atoms with van der Waals surface area (Å²) in [5, 5.41) is 10.3. The van der Waals surface area contributed by atoms with Gasteiger partial charge in [-0.25, -0.2) is 4.98 Å². The molecule has 1 heterocycles. The Balaban J connectivity index is 2.05. The van der Waals surface area contributed by atoms with Crippen LogP contribution in [0.4, 0.5) is 0 Å². The summed E-state index contributed by atoms with van der Waals surface area (Å²) in [6, 6.07) is 7.30. The van der Waals surface area contributed by atoms with E-state index in [9.17, 15) is 9.90 Å². The Kier molecular flexibility index (Phi) is 4.32. The molecule has 1 unspecified atom stereocenters. The molecule has 0 aliphatic carbocycles. The standard InChI is InChI=1S/C16H21NO4/c1-10(9-13(18)21-16(2,3)4)14(19)15-17-11-7-5-6-8-12(11)20-15/h5-8,10,14,19H,9H2,1-4H3/t10-,14?/m0/s1. The van der Waals surface area contributed by atoms with Gasteiger partial charge in [0, 0.05) is 5.92 Å². The van der Waals surface area contributed by atoms with Gasteiger partial charge in [-0.2, -0.15) is 0 Å². The number of para-hydroxylation sites is 2. The van der Waals surface area contributed by atoms with Crippen LogP contribution in [0.5, 0.6) is 0 Å². The van der Waals surface area contributed by atoms with Crippen LogP contribution in [0.15, 0.2) is 28.7 Å². The van der Waals surface area contributed by atoms with Crippen molar-refractivity contribution in [2.45, 2.75) is 45.8 Å². The molecule has 0 radical (unpaired) electrons. The monoisotopic (exact) mass is 291 g/mol. The third kappa shape index (κ3) is 4.04. The number of nitrogens with zero attached hydrogens (tertiary/aromatic N) is 1. The van der Waals surface area contributed by atoms with E-state index in [-0.39, 0.29) is 24.2 Å². The van der Waals surface area contributed by atoms with Crippen molar-refractivity contribution in [1.29, 1.82) is 0 Å². The molecule has 0 spiro atoms. The summed E-state index contributed by atoms with van der Waals surface area (Å²) in [6.45, 7) is 7.20. The van der Waals surface area contributed by atoms with Crippen LogP contribution in [0, 0.1) is 5.92 Å². The quantitative estimate of drug-likeness (QED) is 0.875. The van der Waals surface area contributed by atoms with Crippen molar-refractivity contribution in [2.75, 3.05) is 0 Å². The first-order chi connectivity index (χ1) is 9.76. The highest BCUT2D eigenvalue weighted by atomic mass is 16.6. The minimum absolute atomic E-state index is 0.108. The number of benzene rings is 1. The number of carbonyl (C=O) groups is 1. The van der Waals surface area contributed by atoms with Crippen LogP contribution in [-0.2, 0) is 9.53 Å². The Bertz CT molecular complexity index is 593. The van der Waals surface area contributed by atoms with Crippen molar-refractivity contribution in [3.05, 3.63) is 30.2 Å². The Labute approximate surface area is 123 Å². The summed E-state index contributed by atoms with van der Waals surface area (Å²) in [5.74, 6) is -0.453. The molecule has 0 saturated heterocycles. The van der Waals surface area contributed by atoms with Gasteiger partial charge in [-0.15, -0.1) is 0 Å². The molecule has 0 bridgehead atoms. The summed E-state index contributed by atoms with van der Waals surface area (Å²) in [7, 11) is 0. The maximum absolute atomic E-state index is 11.8. The number of fused-ring (bicyclic) bond motifs is 1. The Morgan fingerprint density at radius 3 is 2.67 bits per heavy atom. The van der Waals surface area contributed by atoms with Crippen LogP contribution in [0.25, 0.3) is 11.1 Å². The second kappa shape index (κ2) is 5.85. The van der Waals surface area contributed by atoms with Gasteiger partial charge in [-0.1, -0.05) is 19.1 Å². The highest BCUT2D eigenvalue weighted by Crippen LogP contribution is 2.27. The van der Waals surface area contributed by atoms with E-state index in [4.69, 9.17) is 9.15 Å². The molecular formula is C16H21NO4. The summed E-state index contributed by atoms with van der Waals surface area (Å²) in [4.78, 5) is 16.0. The van der Waals surface area contributed by atoms with Crippen molar-refractivity contribution in [2.24, 2.45) is 5.92 Å². The number of oxazole rings is 1. The predicted octanol–water partition coefficient (Wildman–Crippen LogP) is 3.23. The number of hydrogen-bond acceptors (Lipinski definition) is 5. The second-order valence-electron chi connectivity index (χ2n) is 6.23. The average Bonchev–Trinajstić information content (AvgIpc) is 2.78. The SMILES string of the molecule is C[C@@H](CC(=O)OC(C)(C)C)C(O)c1nc2ccccc2o1. The van der Waals surface area contributed by atoms with Crippen LogP contribution in [0.3, 0.4) is 0 Å². The van der Waals surface area contributed by atoms with Gasteiger partial charge in [0.25, 0.3) is 0 Å². The number of aromatic nitrogens is 1. The lowest BCUT2D eigenvalue weighted by atomic mass is 10.0. The topological polar surface area (TPSA) is 72.6 Å². The zero-order valence-corrected chi connectivity index (χ0v) is 12.8. The number of aliphatic hydroxyl groups excluding tert-OH is 1. The summed E-state index contributed by atoms with van der Waals surface area (Å²) in [6.07, 6.45) is -0.832. The zero-order chi connectivity index (χ0) is 15.6. The molecule has 2 atom stereocenters. The zero-order valence-electron chi connectivity index (χ0n) is 12.8. The third-order valence-electron chi connectivity index (χ3n) is 3.01. The van der Waals surface area contributed by atoms with Gasteiger partial charge >= 0.3 is 5.97 Å². The molecular weight excluding hydrogens is 270 g/mol. The highest BCUT2D eigenvalue weighted by Gasteiger charge is 2.26. The molecule has 5 heteroatoms. The Hall–Kier alpha value is -1.88. The molecule has 0 fully saturated rings. The van der Waals surface area contributed by atoms with E-state index in [2.05, 4.69) is 4.98 Å². The molecule has 5 nitrogen and oxygen atoms in total.